The van der Waals surface area contributed by atoms with E-state index in [-0.39, 0.29) is 31.1 Å². The molecule has 0 aromatic heterocycles. The molecule has 0 saturated carbocycles. The first-order valence-electron chi connectivity index (χ1n) is 2.84. The average molecular weight is 336 g/mol. The van der Waals surface area contributed by atoms with E-state index < -0.39 is 0 Å². The second-order valence-electron chi connectivity index (χ2n) is 2.28. The third-order valence-electron chi connectivity index (χ3n) is 1.67. The van der Waals surface area contributed by atoms with Crippen molar-refractivity contribution in [3.8, 4) is 0 Å². The third-order valence-corrected chi connectivity index (χ3v) is 1.67. The van der Waals surface area contributed by atoms with Crippen LogP contribution in [-0.4, -0.2) is 24.5 Å². The molecule has 8 heavy (non-hydrogen) atoms. The Labute approximate surface area is 75.2 Å². The van der Waals surface area contributed by atoms with Crippen LogP contribution in [0, 0.1) is 38.0 Å². The molecule has 0 spiro atoms. The van der Waals surface area contributed by atoms with Gasteiger partial charge in [0.15, 0.2) is 0 Å². The quantitative estimate of drug-likeness (QED) is 0.595. The van der Waals surface area contributed by atoms with Gasteiger partial charge in [-0.3, -0.25) is 0 Å². The molecule has 0 aromatic rings. The van der Waals surface area contributed by atoms with E-state index in [1.165, 1.54) is 19.4 Å². The van der Waals surface area contributed by atoms with Crippen molar-refractivity contribution < 1.29 is 31.1 Å². The van der Waals surface area contributed by atoms with Gasteiger partial charge in [-0.1, -0.05) is 6.42 Å². The van der Waals surface area contributed by atoms with E-state index in [0.29, 0.717) is 6.04 Å². The molecule has 0 unspecified atom stereocenters. The molecule has 1 fully saturated rings. The summed E-state index contributed by atoms with van der Waals surface area (Å²) in [6.07, 6.45) is 2.63. The monoisotopic (exact) mass is 336 g/mol. The molecule has 1 saturated heterocycles. The first kappa shape index (κ1) is 9.01. The fraction of sp³-hybridized carbons (Fsp3) is 0.833. The molecule has 46 valence electrons. The fourth-order valence-corrected chi connectivity index (χ4v) is 0.979. The van der Waals surface area contributed by atoms with Gasteiger partial charge >= 0.3 is 0 Å². The Morgan fingerprint density at radius 3 is 2.38 bits per heavy atom. The summed E-state index contributed by atoms with van der Waals surface area (Å²) in [6, 6.07) is 0.597. The molecule has 1 nitrogen and oxygen atoms in total. The van der Waals surface area contributed by atoms with Crippen LogP contribution in [0.5, 0.6) is 0 Å². The molecule has 0 aromatic carbocycles. The largest absolute Gasteiger partial charge is 0.333 e. The van der Waals surface area contributed by atoms with E-state index >= 15 is 0 Å². The zero-order chi connectivity index (χ0) is 5.28. The normalized spacial score (nSPS) is 30.0. The fourth-order valence-electron chi connectivity index (χ4n) is 0.979. The molecular weight excluding hydrogens is 324 g/mol. The van der Waals surface area contributed by atoms with Gasteiger partial charge in [0.1, 0.15) is 0 Å². The average Bonchev–Trinajstić information content (AvgIpc) is 1.91. The Balaban J connectivity index is 0.000000490. The molecule has 1 rings (SSSR count). The number of hydrogen-bond donors (Lipinski definition) is 0. The van der Waals surface area contributed by atoms with Gasteiger partial charge in [0, 0.05) is 31.1 Å². The SMILES string of the molecule is [CH2-][C@@H]1CCCN1C.[U]. The summed E-state index contributed by atoms with van der Waals surface area (Å²) in [5.74, 6) is 0. The smallest absolute Gasteiger partial charge is 0 e. The molecule has 1 heterocycles. The van der Waals surface area contributed by atoms with Crippen molar-refractivity contribution in [3.05, 3.63) is 6.92 Å². The van der Waals surface area contributed by atoms with Crippen molar-refractivity contribution in [2.24, 2.45) is 0 Å². The molecule has 2 heteroatoms. The molecule has 1 aliphatic rings. The topological polar surface area (TPSA) is 3.24 Å². The number of hydrogen-bond acceptors (Lipinski definition) is 1. The van der Waals surface area contributed by atoms with Crippen molar-refractivity contribution in [2.45, 2.75) is 18.9 Å². The predicted molar refractivity (Wildman–Crippen MR) is 31.0 cm³/mol. The van der Waals surface area contributed by atoms with Gasteiger partial charge in [0.2, 0.25) is 0 Å². The first-order valence-corrected chi connectivity index (χ1v) is 2.84. The van der Waals surface area contributed by atoms with Gasteiger partial charge in [0.25, 0.3) is 0 Å². The van der Waals surface area contributed by atoms with Crippen LogP contribution >= 0.6 is 0 Å². The minimum Gasteiger partial charge on any atom is -0.333 e. The van der Waals surface area contributed by atoms with Gasteiger partial charge in [-0.05, 0) is 20.0 Å². The van der Waals surface area contributed by atoms with Crippen LogP contribution in [-0.2, 0) is 0 Å². The molecule has 1 atom stereocenters. The maximum absolute atomic E-state index is 3.94. The van der Waals surface area contributed by atoms with E-state index in [1.807, 2.05) is 0 Å². The van der Waals surface area contributed by atoms with Crippen LogP contribution < -0.4 is 0 Å². The van der Waals surface area contributed by atoms with Crippen molar-refractivity contribution in [3.63, 3.8) is 0 Å². The summed E-state index contributed by atoms with van der Waals surface area (Å²) in [5, 5.41) is 0. The molecule has 1 aliphatic heterocycles. The van der Waals surface area contributed by atoms with E-state index in [2.05, 4.69) is 18.9 Å². The molecule has 0 aliphatic carbocycles. The van der Waals surface area contributed by atoms with Gasteiger partial charge < -0.3 is 11.8 Å². The van der Waals surface area contributed by atoms with Crippen molar-refractivity contribution in [1.82, 2.24) is 4.90 Å². The standard InChI is InChI=1S/C6H12N.U/c1-6-4-3-5-7(6)2;/h6H,1,3-5H2,2H3;/q-1;/t6-;/m1./s1. The van der Waals surface area contributed by atoms with Crippen molar-refractivity contribution in [1.29, 1.82) is 0 Å². The second kappa shape index (κ2) is 3.93. The first-order chi connectivity index (χ1) is 3.30. The van der Waals surface area contributed by atoms with Crippen LogP contribution in [0.25, 0.3) is 0 Å². The second-order valence-corrected chi connectivity index (χ2v) is 2.28. The Bertz CT molecular complexity index is 57.5. The summed E-state index contributed by atoms with van der Waals surface area (Å²) in [7, 11) is 2.13. The van der Waals surface area contributed by atoms with Gasteiger partial charge in [0.05, 0.1) is 0 Å². The van der Waals surface area contributed by atoms with E-state index in [0.717, 1.165) is 0 Å². The van der Waals surface area contributed by atoms with Crippen LogP contribution in [0.3, 0.4) is 0 Å². The zero-order valence-corrected chi connectivity index (χ0v) is 9.52. The van der Waals surface area contributed by atoms with E-state index in [9.17, 15) is 0 Å². The van der Waals surface area contributed by atoms with Crippen LogP contribution in [0.4, 0.5) is 0 Å². The van der Waals surface area contributed by atoms with Gasteiger partial charge in [-0.2, -0.15) is 0 Å². The molecule has 0 N–H and O–H groups in total. The molecule has 0 radical (unpaired) electrons. The van der Waals surface area contributed by atoms with Crippen molar-refractivity contribution >= 4 is 0 Å². The molecule has 0 bridgehead atoms. The van der Waals surface area contributed by atoms with Crippen LogP contribution in [0.1, 0.15) is 12.8 Å². The van der Waals surface area contributed by atoms with E-state index in [1.54, 1.807) is 0 Å². The van der Waals surface area contributed by atoms with Gasteiger partial charge in [-0.25, -0.2) is 0 Å². The summed E-state index contributed by atoms with van der Waals surface area (Å²) in [5.41, 5.74) is 0. The molecular formula is C6H12NU-. The van der Waals surface area contributed by atoms with Crippen LogP contribution in [0.15, 0.2) is 0 Å². The van der Waals surface area contributed by atoms with Gasteiger partial charge in [-0.15, -0.1) is 6.04 Å². The molecule has 0 amide bonds. The van der Waals surface area contributed by atoms with Crippen molar-refractivity contribution in [2.75, 3.05) is 13.6 Å². The number of likely N-dealkylation sites (tertiary alicyclic amines) is 1. The summed E-state index contributed by atoms with van der Waals surface area (Å²) in [6.45, 7) is 5.19. The number of rotatable bonds is 0. The Kier molecular flexibility index (Phi) is 4.43. The minimum absolute atomic E-state index is 0. The summed E-state index contributed by atoms with van der Waals surface area (Å²) >= 11 is 0. The summed E-state index contributed by atoms with van der Waals surface area (Å²) in [4.78, 5) is 2.29. The Morgan fingerprint density at radius 1 is 1.62 bits per heavy atom. The number of nitrogens with zero attached hydrogens (tertiary/aromatic N) is 1. The van der Waals surface area contributed by atoms with Crippen LogP contribution in [0.2, 0.25) is 0 Å². The zero-order valence-electron chi connectivity index (χ0n) is 5.35. The van der Waals surface area contributed by atoms with E-state index in [4.69, 9.17) is 0 Å². The third kappa shape index (κ3) is 2.09. The minimum atomic E-state index is 0. The maximum Gasteiger partial charge on any atom is 0 e. The Morgan fingerprint density at radius 2 is 2.25 bits per heavy atom. The summed E-state index contributed by atoms with van der Waals surface area (Å²) < 4.78 is 0. The Hall–Kier alpha value is 1.01. The predicted octanol–water partition coefficient (Wildman–Crippen LogP) is 0.915. The maximum atomic E-state index is 3.94.